The number of amides is 1. The van der Waals surface area contributed by atoms with E-state index >= 15 is 0 Å². The fourth-order valence-electron chi connectivity index (χ4n) is 1.64. The third-order valence-corrected chi connectivity index (χ3v) is 3.66. The first-order valence-electron chi connectivity index (χ1n) is 5.42. The molecule has 6 nitrogen and oxygen atoms in total. The van der Waals surface area contributed by atoms with E-state index in [-0.39, 0.29) is 11.3 Å². The maximum absolute atomic E-state index is 12.1. The Kier molecular flexibility index (Phi) is 4.24. The number of halogens is 2. The van der Waals surface area contributed by atoms with Crippen LogP contribution in [-0.2, 0) is 7.05 Å². The van der Waals surface area contributed by atoms with Crippen LogP contribution in [0.2, 0.25) is 0 Å². The molecule has 0 aliphatic carbocycles. The zero-order valence-corrected chi connectivity index (χ0v) is 13.4. The molecule has 0 spiro atoms. The molecule has 0 unspecified atom stereocenters. The Morgan fingerprint density at radius 1 is 1.35 bits per heavy atom. The first kappa shape index (κ1) is 14.7. The van der Waals surface area contributed by atoms with E-state index in [2.05, 4.69) is 42.3 Å². The minimum absolute atomic E-state index is 0.0123. The predicted molar refractivity (Wildman–Crippen MR) is 80.0 cm³/mol. The number of nitrogens with zero attached hydrogens (tertiary/aromatic N) is 2. The molecule has 1 amide bonds. The number of carbonyl (C=O) groups is 2. The van der Waals surface area contributed by atoms with Gasteiger partial charge in [-0.25, -0.2) is 4.79 Å². The van der Waals surface area contributed by atoms with Gasteiger partial charge in [0.15, 0.2) is 0 Å². The average Bonchev–Trinajstić information content (AvgIpc) is 2.78. The molecule has 0 fully saturated rings. The van der Waals surface area contributed by atoms with Gasteiger partial charge in [0.2, 0.25) is 0 Å². The number of carboxylic acids is 1. The summed E-state index contributed by atoms with van der Waals surface area (Å²) in [6.07, 6.45) is 1.49. The Hall–Kier alpha value is -1.67. The van der Waals surface area contributed by atoms with Crippen LogP contribution < -0.4 is 5.32 Å². The van der Waals surface area contributed by atoms with Gasteiger partial charge >= 0.3 is 5.97 Å². The van der Waals surface area contributed by atoms with Crippen molar-refractivity contribution >= 4 is 49.4 Å². The Morgan fingerprint density at radius 2 is 2.05 bits per heavy atom. The number of rotatable bonds is 3. The van der Waals surface area contributed by atoms with Crippen LogP contribution in [-0.4, -0.2) is 26.8 Å². The van der Waals surface area contributed by atoms with Gasteiger partial charge in [-0.05, 0) is 34.1 Å². The molecule has 2 rings (SSSR count). The summed E-state index contributed by atoms with van der Waals surface area (Å²) < 4.78 is 2.47. The fraction of sp³-hybridized carbons (Fsp3) is 0.0833. The Labute approximate surface area is 131 Å². The van der Waals surface area contributed by atoms with Crippen LogP contribution >= 0.6 is 31.9 Å². The molecule has 1 heterocycles. The Bertz CT molecular complexity index is 697. The second-order valence-corrected chi connectivity index (χ2v) is 5.68. The second-order valence-electron chi connectivity index (χ2n) is 3.91. The van der Waals surface area contributed by atoms with E-state index in [1.165, 1.54) is 16.9 Å². The molecule has 0 aliphatic heterocycles. The van der Waals surface area contributed by atoms with Crippen molar-refractivity contribution in [2.45, 2.75) is 0 Å². The number of anilines is 1. The van der Waals surface area contributed by atoms with Gasteiger partial charge in [-0.3, -0.25) is 9.48 Å². The van der Waals surface area contributed by atoms with Crippen molar-refractivity contribution in [3.63, 3.8) is 0 Å². The summed E-state index contributed by atoms with van der Waals surface area (Å²) in [6.45, 7) is 0. The monoisotopic (exact) mass is 401 g/mol. The lowest BCUT2D eigenvalue weighted by Crippen LogP contribution is -2.18. The number of hydrogen-bond donors (Lipinski definition) is 2. The van der Waals surface area contributed by atoms with Gasteiger partial charge in [0, 0.05) is 22.2 Å². The van der Waals surface area contributed by atoms with Crippen molar-refractivity contribution in [1.29, 1.82) is 0 Å². The van der Waals surface area contributed by atoms with Crippen molar-refractivity contribution < 1.29 is 14.7 Å². The molecular weight excluding hydrogens is 394 g/mol. The minimum Gasteiger partial charge on any atom is -0.478 e. The number of carboxylic acid groups (broad SMARTS) is 1. The maximum atomic E-state index is 12.1. The standard InChI is InChI=1S/C12H9Br2N3O3/c1-17-9(2-3-15-17)11(18)16-10-7(12(19)20)4-6(13)5-8(10)14/h2-5H,1H3,(H,16,18)(H,19,20). The molecule has 2 aromatic rings. The number of aromatic carboxylic acids is 1. The van der Waals surface area contributed by atoms with Crippen LogP contribution in [0.15, 0.2) is 33.3 Å². The topological polar surface area (TPSA) is 84.2 Å². The van der Waals surface area contributed by atoms with Gasteiger partial charge in [-0.15, -0.1) is 0 Å². The molecule has 0 saturated carbocycles. The quantitative estimate of drug-likeness (QED) is 0.826. The third kappa shape index (κ3) is 2.91. The molecule has 20 heavy (non-hydrogen) atoms. The molecular formula is C12H9Br2N3O3. The van der Waals surface area contributed by atoms with Crippen molar-refractivity contribution in [2.24, 2.45) is 7.05 Å². The Morgan fingerprint density at radius 3 is 2.60 bits per heavy atom. The van der Waals surface area contributed by atoms with E-state index in [1.54, 1.807) is 19.2 Å². The van der Waals surface area contributed by atoms with Crippen LogP contribution in [0.25, 0.3) is 0 Å². The van der Waals surface area contributed by atoms with E-state index in [4.69, 9.17) is 0 Å². The molecule has 0 atom stereocenters. The van der Waals surface area contributed by atoms with Crippen molar-refractivity contribution in [2.75, 3.05) is 5.32 Å². The number of hydrogen-bond acceptors (Lipinski definition) is 3. The van der Waals surface area contributed by atoms with Crippen molar-refractivity contribution in [3.8, 4) is 0 Å². The first-order chi connectivity index (χ1) is 9.40. The van der Waals surface area contributed by atoms with Gasteiger partial charge in [0.25, 0.3) is 5.91 Å². The number of nitrogens with one attached hydrogen (secondary N) is 1. The van der Waals surface area contributed by atoms with Crippen molar-refractivity contribution in [3.05, 3.63) is 44.6 Å². The van der Waals surface area contributed by atoms with E-state index < -0.39 is 11.9 Å². The number of carbonyl (C=O) groups excluding carboxylic acids is 1. The molecule has 0 aliphatic rings. The van der Waals surface area contributed by atoms with Crippen LogP contribution in [0.5, 0.6) is 0 Å². The molecule has 0 bridgehead atoms. The fourth-order valence-corrected chi connectivity index (χ4v) is 2.97. The molecule has 1 aromatic heterocycles. The molecule has 0 radical (unpaired) electrons. The minimum atomic E-state index is -1.13. The average molecular weight is 403 g/mol. The second kappa shape index (κ2) is 5.76. The summed E-state index contributed by atoms with van der Waals surface area (Å²) in [5.74, 6) is -1.57. The summed E-state index contributed by atoms with van der Waals surface area (Å²) in [5.41, 5.74) is 0.518. The van der Waals surface area contributed by atoms with Crippen LogP contribution in [0.4, 0.5) is 5.69 Å². The number of aromatic nitrogens is 2. The maximum Gasteiger partial charge on any atom is 0.337 e. The molecule has 1 aromatic carbocycles. The normalized spacial score (nSPS) is 10.3. The lowest BCUT2D eigenvalue weighted by atomic mass is 10.1. The lowest BCUT2D eigenvalue weighted by molar-refractivity contribution is 0.0698. The Balaban J connectivity index is 2.41. The highest BCUT2D eigenvalue weighted by Crippen LogP contribution is 2.31. The summed E-state index contributed by atoms with van der Waals surface area (Å²) in [5, 5.41) is 15.7. The van der Waals surface area contributed by atoms with E-state index in [0.29, 0.717) is 14.6 Å². The zero-order valence-electron chi connectivity index (χ0n) is 10.2. The van der Waals surface area contributed by atoms with E-state index in [9.17, 15) is 14.7 Å². The SMILES string of the molecule is Cn1nccc1C(=O)Nc1c(Br)cc(Br)cc1C(=O)O. The summed E-state index contributed by atoms with van der Waals surface area (Å²) >= 11 is 6.46. The van der Waals surface area contributed by atoms with Crippen LogP contribution in [0, 0.1) is 0 Å². The van der Waals surface area contributed by atoms with Crippen LogP contribution in [0.3, 0.4) is 0 Å². The van der Waals surface area contributed by atoms with Crippen LogP contribution in [0.1, 0.15) is 20.8 Å². The predicted octanol–water partition coefficient (Wildman–Crippen LogP) is 2.90. The third-order valence-electron chi connectivity index (χ3n) is 2.58. The molecule has 0 saturated heterocycles. The van der Waals surface area contributed by atoms with Gasteiger partial charge in [0.05, 0.1) is 11.3 Å². The lowest BCUT2D eigenvalue weighted by Gasteiger charge is -2.11. The molecule has 8 heteroatoms. The summed E-state index contributed by atoms with van der Waals surface area (Å²) in [6, 6.07) is 4.62. The summed E-state index contributed by atoms with van der Waals surface area (Å²) in [4.78, 5) is 23.4. The van der Waals surface area contributed by atoms with Crippen molar-refractivity contribution in [1.82, 2.24) is 9.78 Å². The number of benzene rings is 1. The zero-order chi connectivity index (χ0) is 14.9. The highest BCUT2D eigenvalue weighted by Gasteiger charge is 2.18. The van der Waals surface area contributed by atoms with E-state index in [0.717, 1.165) is 0 Å². The highest BCUT2D eigenvalue weighted by molar-refractivity contribution is 9.11. The van der Waals surface area contributed by atoms with Gasteiger partial charge in [0.1, 0.15) is 5.69 Å². The largest absolute Gasteiger partial charge is 0.478 e. The highest BCUT2D eigenvalue weighted by atomic mass is 79.9. The van der Waals surface area contributed by atoms with Gasteiger partial charge in [-0.1, -0.05) is 15.9 Å². The first-order valence-corrected chi connectivity index (χ1v) is 7.00. The molecule has 2 N–H and O–H groups in total. The van der Waals surface area contributed by atoms with Gasteiger partial charge in [-0.2, -0.15) is 5.10 Å². The molecule has 104 valence electrons. The van der Waals surface area contributed by atoms with Gasteiger partial charge < -0.3 is 10.4 Å². The van der Waals surface area contributed by atoms with E-state index in [1.807, 2.05) is 0 Å². The smallest absolute Gasteiger partial charge is 0.337 e. The summed E-state index contributed by atoms with van der Waals surface area (Å²) in [7, 11) is 1.63. The number of aryl methyl sites for hydroxylation is 1.